The lowest BCUT2D eigenvalue weighted by Crippen LogP contribution is -2.23. The van der Waals surface area contributed by atoms with Gasteiger partial charge in [-0.05, 0) is 22.6 Å². The topological polar surface area (TPSA) is 97.1 Å². The summed E-state index contributed by atoms with van der Waals surface area (Å²) in [5, 5.41) is 21.0. The molecule has 8 heteroatoms. The first-order valence-corrected chi connectivity index (χ1v) is 4.90. The van der Waals surface area contributed by atoms with Crippen LogP contribution < -0.4 is 10.6 Å². The van der Waals surface area contributed by atoms with E-state index < -0.39 is 0 Å². The molecule has 0 saturated carbocycles. The standard InChI is InChI=1S/C8H9N7O/c16-8-3-5(4-9-8)10-6-1-2-7-11-13-14-15(7)12-6/h1-2,5H,3-4H2,(H,9,16)(H,10,12). The molecule has 1 unspecified atom stereocenters. The number of aromatic nitrogens is 5. The van der Waals surface area contributed by atoms with E-state index in [0.29, 0.717) is 24.4 Å². The van der Waals surface area contributed by atoms with E-state index in [-0.39, 0.29) is 11.9 Å². The molecule has 1 saturated heterocycles. The zero-order valence-corrected chi connectivity index (χ0v) is 8.29. The zero-order chi connectivity index (χ0) is 11.0. The van der Waals surface area contributed by atoms with E-state index in [4.69, 9.17) is 0 Å². The van der Waals surface area contributed by atoms with Crippen LogP contribution in [0, 0.1) is 0 Å². The fourth-order valence-electron chi connectivity index (χ4n) is 1.64. The first-order chi connectivity index (χ1) is 7.81. The third-order valence-corrected chi connectivity index (χ3v) is 2.40. The molecule has 82 valence electrons. The van der Waals surface area contributed by atoms with Gasteiger partial charge in [-0.15, -0.1) is 14.8 Å². The number of hydrogen-bond donors (Lipinski definition) is 2. The van der Waals surface area contributed by atoms with Gasteiger partial charge in [0, 0.05) is 13.0 Å². The van der Waals surface area contributed by atoms with Gasteiger partial charge in [0.2, 0.25) is 5.91 Å². The van der Waals surface area contributed by atoms with Crippen molar-refractivity contribution in [3.8, 4) is 0 Å². The van der Waals surface area contributed by atoms with Crippen LogP contribution in [0.4, 0.5) is 5.82 Å². The SMILES string of the molecule is O=C1CC(Nc2ccc3nnnn3n2)CN1. The van der Waals surface area contributed by atoms with Crippen molar-refractivity contribution in [1.29, 1.82) is 0 Å². The van der Waals surface area contributed by atoms with E-state index in [1.165, 1.54) is 4.63 Å². The van der Waals surface area contributed by atoms with Gasteiger partial charge in [-0.1, -0.05) is 0 Å². The van der Waals surface area contributed by atoms with Crippen LogP contribution >= 0.6 is 0 Å². The highest BCUT2D eigenvalue weighted by Crippen LogP contribution is 2.09. The maximum absolute atomic E-state index is 11.0. The minimum absolute atomic E-state index is 0.0565. The normalized spacial score (nSPS) is 20.0. The van der Waals surface area contributed by atoms with Gasteiger partial charge in [0.25, 0.3) is 0 Å². The van der Waals surface area contributed by atoms with Crippen molar-refractivity contribution < 1.29 is 4.79 Å². The number of carbonyl (C=O) groups excluding carboxylic acids is 1. The van der Waals surface area contributed by atoms with Crippen LogP contribution in [0.25, 0.3) is 5.65 Å². The summed E-state index contributed by atoms with van der Waals surface area (Å²) in [7, 11) is 0. The number of amides is 1. The molecule has 16 heavy (non-hydrogen) atoms. The summed E-state index contributed by atoms with van der Waals surface area (Å²) in [5.41, 5.74) is 0.589. The van der Waals surface area contributed by atoms with Crippen LogP contribution in [0.15, 0.2) is 12.1 Å². The third kappa shape index (κ3) is 1.53. The Morgan fingerprint density at radius 2 is 2.44 bits per heavy atom. The predicted octanol–water partition coefficient (Wildman–Crippen LogP) is -1.18. The lowest BCUT2D eigenvalue weighted by molar-refractivity contribution is -0.119. The molecule has 0 radical (unpaired) electrons. The van der Waals surface area contributed by atoms with Crippen molar-refractivity contribution in [2.24, 2.45) is 0 Å². The Labute approximate surface area is 90.0 Å². The first-order valence-electron chi connectivity index (χ1n) is 4.90. The highest BCUT2D eigenvalue weighted by Gasteiger charge is 2.21. The van der Waals surface area contributed by atoms with Gasteiger partial charge in [-0.3, -0.25) is 4.79 Å². The second-order valence-corrected chi connectivity index (χ2v) is 3.59. The van der Waals surface area contributed by atoms with Gasteiger partial charge in [-0.2, -0.15) is 0 Å². The minimum Gasteiger partial charge on any atom is -0.364 e. The minimum atomic E-state index is 0.0565. The lowest BCUT2D eigenvalue weighted by Gasteiger charge is -2.09. The monoisotopic (exact) mass is 219 g/mol. The highest BCUT2D eigenvalue weighted by molar-refractivity contribution is 5.79. The van der Waals surface area contributed by atoms with Crippen LogP contribution in [0.1, 0.15) is 6.42 Å². The Bertz CT molecular complexity index is 536. The maximum Gasteiger partial charge on any atom is 0.222 e. The van der Waals surface area contributed by atoms with Crippen LogP contribution in [-0.4, -0.2) is 43.7 Å². The van der Waals surface area contributed by atoms with Crippen molar-refractivity contribution in [2.75, 3.05) is 11.9 Å². The molecule has 3 rings (SSSR count). The maximum atomic E-state index is 11.0. The molecular formula is C8H9N7O. The molecule has 2 aromatic rings. The lowest BCUT2D eigenvalue weighted by atomic mass is 10.2. The summed E-state index contributed by atoms with van der Waals surface area (Å²) in [5.74, 6) is 0.710. The molecular weight excluding hydrogens is 210 g/mol. The zero-order valence-electron chi connectivity index (χ0n) is 8.29. The fraction of sp³-hybridized carbons (Fsp3) is 0.375. The molecule has 0 aliphatic carbocycles. The van der Waals surface area contributed by atoms with Gasteiger partial charge in [0.1, 0.15) is 5.82 Å². The molecule has 0 spiro atoms. The van der Waals surface area contributed by atoms with E-state index >= 15 is 0 Å². The molecule has 1 aliphatic rings. The summed E-state index contributed by atoms with van der Waals surface area (Å²) in [6.45, 7) is 0.619. The van der Waals surface area contributed by atoms with Gasteiger partial charge in [0.05, 0.1) is 6.04 Å². The number of carbonyl (C=O) groups is 1. The second-order valence-electron chi connectivity index (χ2n) is 3.59. The van der Waals surface area contributed by atoms with E-state index in [0.717, 1.165) is 0 Å². The van der Waals surface area contributed by atoms with Gasteiger partial charge in [-0.25, -0.2) is 0 Å². The Hall–Kier alpha value is -2.25. The number of fused-ring (bicyclic) bond motifs is 1. The van der Waals surface area contributed by atoms with E-state index in [1.807, 2.05) is 0 Å². The quantitative estimate of drug-likeness (QED) is 0.659. The molecule has 1 amide bonds. The van der Waals surface area contributed by atoms with Gasteiger partial charge >= 0.3 is 0 Å². The predicted molar refractivity (Wildman–Crippen MR) is 53.6 cm³/mol. The van der Waals surface area contributed by atoms with Crippen molar-refractivity contribution in [3.63, 3.8) is 0 Å². The van der Waals surface area contributed by atoms with E-state index in [9.17, 15) is 4.79 Å². The number of rotatable bonds is 2. The Balaban J connectivity index is 1.81. The number of nitrogens with zero attached hydrogens (tertiary/aromatic N) is 5. The molecule has 2 aromatic heterocycles. The molecule has 1 atom stereocenters. The molecule has 3 heterocycles. The van der Waals surface area contributed by atoms with E-state index in [2.05, 4.69) is 31.3 Å². The average molecular weight is 219 g/mol. The molecule has 8 nitrogen and oxygen atoms in total. The average Bonchev–Trinajstić information content (AvgIpc) is 2.87. The Morgan fingerprint density at radius 3 is 3.25 bits per heavy atom. The molecule has 0 aromatic carbocycles. The largest absolute Gasteiger partial charge is 0.364 e. The van der Waals surface area contributed by atoms with Crippen molar-refractivity contribution in [1.82, 2.24) is 30.6 Å². The van der Waals surface area contributed by atoms with Crippen molar-refractivity contribution in [3.05, 3.63) is 12.1 Å². The number of tetrazole rings is 1. The fourth-order valence-corrected chi connectivity index (χ4v) is 1.64. The van der Waals surface area contributed by atoms with Gasteiger partial charge < -0.3 is 10.6 Å². The first kappa shape index (κ1) is 9.01. The Kier molecular flexibility index (Phi) is 1.92. The number of anilines is 1. The van der Waals surface area contributed by atoms with Crippen LogP contribution in [0.5, 0.6) is 0 Å². The summed E-state index contributed by atoms with van der Waals surface area (Å²) in [4.78, 5) is 11.0. The number of hydrogen-bond acceptors (Lipinski definition) is 6. The summed E-state index contributed by atoms with van der Waals surface area (Å²) < 4.78 is 1.34. The van der Waals surface area contributed by atoms with Crippen molar-refractivity contribution in [2.45, 2.75) is 12.5 Å². The Morgan fingerprint density at radius 1 is 1.50 bits per heavy atom. The van der Waals surface area contributed by atoms with Crippen LogP contribution in [0.2, 0.25) is 0 Å². The molecule has 1 aliphatic heterocycles. The van der Waals surface area contributed by atoms with Crippen LogP contribution in [-0.2, 0) is 4.79 Å². The van der Waals surface area contributed by atoms with Crippen molar-refractivity contribution >= 4 is 17.4 Å². The molecule has 2 N–H and O–H groups in total. The van der Waals surface area contributed by atoms with Gasteiger partial charge in [0.15, 0.2) is 5.65 Å². The summed E-state index contributed by atoms with van der Waals surface area (Å²) in [6.07, 6.45) is 0.468. The highest BCUT2D eigenvalue weighted by atomic mass is 16.1. The van der Waals surface area contributed by atoms with Crippen LogP contribution in [0.3, 0.4) is 0 Å². The smallest absolute Gasteiger partial charge is 0.222 e. The number of nitrogens with one attached hydrogen (secondary N) is 2. The van der Waals surface area contributed by atoms with E-state index in [1.54, 1.807) is 12.1 Å². The summed E-state index contributed by atoms with van der Waals surface area (Å²) >= 11 is 0. The third-order valence-electron chi connectivity index (χ3n) is 2.40. The molecule has 0 bridgehead atoms. The summed E-state index contributed by atoms with van der Waals surface area (Å²) in [6, 6.07) is 3.63. The second kappa shape index (κ2) is 3.40. The molecule has 1 fully saturated rings.